The molecule has 0 saturated carbocycles. The molecule has 0 bridgehead atoms. The topological polar surface area (TPSA) is 84.1 Å². The Morgan fingerprint density at radius 2 is 1.97 bits per heavy atom. The number of halogens is 1. The Hall–Kier alpha value is -2.48. The van der Waals surface area contributed by atoms with Crippen LogP contribution >= 0.6 is 11.6 Å². The molecule has 0 spiro atoms. The van der Waals surface area contributed by atoms with Gasteiger partial charge in [0.1, 0.15) is 11.4 Å². The lowest BCUT2D eigenvalue weighted by Crippen LogP contribution is -2.28. The van der Waals surface area contributed by atoms with Gasteiger partial charge in [-0.15, -0.1) is 0 Å². The minimum Gasteiger partial charge on any atom is -0.410 e. The number of H-pyrrole nitrogens is 1. The van der Waals surface area contributed by atoms with E-state index >= 15 is 0 Å². The smallest absolute Gasteiger partial charge is 0.230 e. The van der Waals surface area contributed by atoms with Crippen molar-refractivity contribution in [3.05, 3.63) is 58.5 Å². The van der Waals surface area contributed by atoms with Gasteiger partial charge in [0.2, 0.25) is 20.7 Å². The zero-order chi connectivity index (χ0) is 23.6. The molecule has 1 radical (unpaired) electrons. The predicted molar refractivity (Wildman–Crippen MR) is 131 cm³/mol. The van der Waals surface area contributed by atoms with Crippen molar-refractivity contribution in [2.45, 2.75) is 53.3 Å². The standard InChI is InChI=1S/C24H29ClN3O3Si/c1-7-18(29)28-19-15-11-10-14(25)13-17(15)27-21(19)22(30)20-16(9-8-12-26-20)23(24(2,3)4)31-32(5)6/h8-13,23,27H,7H2,1-6H3,(H,28,29). The summed E-state index contributed by atoms with van der Waals surface area (Å²) < 4.78 is 6.33. The number of carbonyl (C=O) groups excluding carboxylic acids is 2. The largest absolute Gasteiger partial charge is 0.410 e. The van der Waals surface area contributed by atoms with Crippen LogP contribution in [0, 0.1) is 5.41 Å². The first-order valence-corrected chi connectivity index (χ1v) is 13.4. The van der Waals surface area contributed by atoms with Crippen molar-refractivity contribution in [1.29, 1.82) is 0 Å². The van der Waals surface area contributed by atoms with Gasteiger partial charge in [-0.25, -0.2) is 0 Å². The van der Waals surface area contributed by atoms with Crippen molar-refractivity contribution >= 4 is 48.9 Å². The molecule has 1 unspecified atom stereocenters. The van der Waals surface area contributed by atoms with Crippen LogP contribution in [0.4, 0.5) is 5.69 Å². The first kappa shape index (κ1) is 24.2. The molecule has 1 aromatic carbocycles. The number of fused-ring (bicyclic) bond motifs is 1. The van der Waals surface area contributed by atoms with Crippen molar-refractivity contribution in [1.82, 2.24) is 9.97 Å². The number of hydrogen-bond acceptors (Lipinski definition) is 4. The summed E-state index contributed by atoms with van der Waals surface area (Å²) in [6, 6.07) is 8.97. The third-order valence-corrected chi connectivity index (χ3v) is 5.99. The SMILES string of the molecule is CCC(=O)Nc1c(C(=O)c2ncccc2C(O[Si](C)C)C(C)(C)C)[nH]c2cc(Cl)ccc12. The zero-order valence-electron chi connectivity index (χ0n) is 19.3. The molecule has 2 heterocycles. The Balaban J connectivity index is 2.18. The highest BCUT2D eigenvalue weighted by Gasteiger charge is 2.33. The molecule has 169 valence electrons. The fourth-order valence-electron chi connectivity index (χ4n) is 3.58. The first-order chi connectivity index (χ1) is 15.0. The summed E-state index contributed by atoms with van der Waals surface area (Å²) in [5.74, 6) is -0.491. The molecule has 3 rings (SSSR count). The maximum Gasteiger partial charge on any atom is 0.230 e. The summed E-state index contributed by atoms with van der Waals surface area (Å²) in [6.45, 7) is 12.2. The van der Waals surface area contributed by atoms with Crippen LogP contribution in [-0.4, -0.2) is 30.7 Å². The fourth-order valence-corrected chi connectivity index (χ4v) is 4.70. The van der Waals surface area contributed by atoms with Gasteiger partial charge in [-0.05, 0) is 42.8 Å². The molecule has 8 heteroatoms. The van der Waals surface area contributed by atoms with Gasteiger partial charge in [-0.3, -0.25) is 14.6 Å². The van der Waals surface area contributed by atoms with Gasteiger partial charge in [-0.1, -0.05) is 45.4 Å². The summed E-state index contributed by atoms with van der Waals surface area (Å²) in [5.41, 5.74) is 2.18. The first-order valence-electron chi connectivity index (χ1n) is 10.6. The molecule has 1 atom stereocenters. The molecule has 0 aliphatic heterocycles. The minimum atomic E-state index is -1.04. The van der Waals surface area contributed by atoms with E-state index in [9.17, 15) is 9.59 Å². The van der Waals surface area contributed by atoms with Crippen molar-refractivity contribution in [3.63, 3.8) is 0 Å². The number of pyridine rings is 1. The van der Waals surface area contributed by atoms with Crippen LogP contribution in [0.1, 0.15) is 62.0 Å². The van der Waals surface area contributed by atoms with Crippen LogP contribution in [-0.2, 0) is 9.22 Å². The van der Waals surface area contributed by atoms with E-state index in [1.807, 2.05) is 12.1 Å². The highest BCUT2D eigenvalue weighted by molar-refractivity contribution is 6.48. The molecule has 1 amide bonds. The minimum absolute atomic E-state index is 0.184. The predicted octanol–water partition coefficient (Wildman–Crippen LogP) is 6.15. The molecular weight excluding hydrogens is 442 g/mol. The van der Waals surface area contributed by atoms with E-state index in [1.54, 1.807) is 31.3 Å². The maximum atomic E-state index is 13.8. The summed E-state index contributed by atoms with van der Waals surface area (Å²) in [5, 5.41) is 4.13. The fraction of sp³-hybridized carbons (Fsp3) is 0.375. The van der Waals surface area contributed by atoms with Gasteiger partial charge in [0.05, 0.1) is 11.8 Å². The quantitative estimate of drug-likeness (QED) is 0.320. The monoisotopic (exact) mass is 470 g/mol. The second-order valence-electron chi connectivity index (χ2n) is 9.01. The third kappa shape index (κ3) is 5.11. The lowest BCUT2D eigenvalue weighted by atomic mass is 9.83. The number of nitrogens with zero attached hydrogens (tertiary/aromatic N) is 1. The van der Waals surface area contributed by atoms with Gasteiger partial charge in [0.15, 0.2) is 0 Å². The number of amides is 1. The van der Waals surface area contributed by atoms with Gasteiger partial charge in [0.25, 0.3) is 0 Å². The second kappa shape index (κ2) is 9.56. The van der Waals surface area contributed by atoms with Gasteiger partial charge in [0, 0.05) is 34.1 Å². The molecular formula is C24H29ClN3O3Si. The van der Waals surface area contributed by atoms with E-state index in [-0.39, 0.29) is 28.9 Å². The number of carbonyl (C=O) groups is 2. The number of aromatic nitrogens is 2. The highest BCUT2D eigenvalue weighted by Crippen LogP contribution is 2.39. The molecule has 0 aliphatic rings. The Morgan fingerprint density at radius 3 is 2.59 bits per heavy atom. The molecule has 2 aromatic heterocycles. The molecule has 3 aromatic rings. The molecule has 0 fully saturated rings. The van der Waals surface area contributed by atoms with Crippen molar-refractivity contribution < 1.29 is 14.0 Å². The van der Waals surface area contributed by atoms with E-state index < -0.39 is 9.04 Å². The van der Waals surface area contributed by atoms with Crippen molar-refractivity contribution in [3.8, 4) is 0 Å². The number of aromatic amines is 1. The zero-order valence-corrected chi connectivity index (χ0v) is 21.1. The summed E-state index contributed by atoms with van der Waals surface area (Å²) >= 11 is 6.16. The van der Waals surface area contributed by atoms with E-state index in [0.717, 1.165) is 5.56 Å². The number of ketones is 1. The van der Waals surface area contributed by atoms with E-state index in [0.29, 0.717) is 33.7 Å². The van der Waals surface area contributed by atoms with Crippen molar-refractivity contribution in [2.75, 3.05) is 5.32 Å². The van der Waals surface area contributed by atoms with Crippen LogP contribution in [0.15, 0.2) is 36.5 Å². The normalized spacial score (nSPS) is 12.9. The van der Waals surface area contributed by atoms with Crippen molar-refractivity contribution in [2.24, 2.45) is 5.41 Å². The number of benzene rings is 1. The summed E-state index contributed by atoms with van der Waals surface area (Å²) in [7, 11) is -1.04. The Labute approximate surface area is 195 Å². The number of anilines is 1. The van der Waals surface area contributed by atoms with Crippen LogP contribution < -0.4 is 5.32 Å². The van der Waals surface area contributed by atoms with E-state index in [4.69, 9.17) is 16.0 Å². The summed E-state index contributed by atoms with van der Waals surface area (Å²) in [4.78, 5) is 33.6. The third-order valence-electron chi connectivity index (χ3n) is 5.05. The van der Waals surface area contributed by atoms with E-state index in [1.165, 1.54) is 0 Å². The molecule has 0 saturated heterocycles. The lowest BCUT2D eigenvalue weighted by Gasteiger charge is -2.33. The van der Waals surface area contributed by atoms with Gasteiger partial charge < -0.3 is 14.7 Å². The Kier molecular flexibility index (Phi) is 7.22. The molecule has 0 aliphatic carbocycles. The van der Waals surface area contributed by atoms with Crippen LogP contribution in [0.3, 0.4) is 0 Å². The second-order valence-corrected chi connectivity index (χ2v) is 11.5. The molecule has 2 N–H and O–H groups in total. The maximum absolute atomic E-state index is 13.8. The lowest BCUT2D eigenvalue weighted by molar-refractivity contribution is -0.115. The number of hydrogen-bond donors (Lipinski definition) is 2. The Morgan fingerprint density at radius 1 is 1.25 bits per heavy atom. The molecule has 6 nitrogen and oxygen atoms in total. The number of nitrogens with one attached hydrogen (secondary N) is 2. The number of rotatable bonds is 7. The van der Waals surface area contributed by atoms with Gasteiger partial charge in [-0.2, -0.15) is 0 Å². The van der Waals surface area contributed by atoms with E-state index in [2.05, 4.69) is 49.1 Å². The van der Waals surface area contributed by atoms with Crippen LogP contribution in [0.2, 0.25) is 18.1 Å². The van der Waals surface area contributed by atoms with Crippen LogP contribution in [0.5, 0.6) is 0 Å². The highest BCUT2D eigenvalue weighted by atomic mass is 35.5. The Bertz CT molecular complexity index is 1150. The van der Waals surface area contributed by atoms with Gasteiger partial charge >= 0.3 is 0 Å². The summed E-state index contributed by atoms with van der Waals surface area (Å²) in [6.07, 6.45) is 1.59. The van der Waals surface area contributed by atoms with Crippen LogP contribution in [0.25, 0.3) is 10.9 Å². The average Bonchev–Trinajstić information content (AvgIpc) is 3.07. The average molecular weight is 471 g/mol. The molecule has 32 heavy (non-hydrogen) atoms.